The van der Waals surface area contributed by atoms with Crippen molar-refractivity contribution in [1.29, 1.82) is 5.41 Å². The number of phenolic OH excluding ortho intramolecular Hbond substituents is 1. The maximum atomic E-state index is 10.8. The molecule has 1 aromatic heterocycles. The largest absolute Gasteiger partial charge is 0.508 e. The van der Waals surface area contributed by atoms with Crippen molar-refractivity contribution in [3.63, 3.8) is 0 Å². The van der Waals surface area contributed by atoms with E-state index in [0.717, 1.165) is 32.6 Å². The molecule has 0 aliphatic carbocycles. The smallest absolute Gasteiger partial charge is 0.181 e. The molecule has 1 aliphatic rings. The van der Waals surface area contributed by atoms with Gasteiger partial charge >= 0.3 is 0 Å². The third-order valence-electron chi connectivity index (χ3n) is 6.25. The Hall–Kier alpha value is -3.58. The topological polar surface area (TPSA) is 121 Å². The van der Waals surface area contributed by atoms with E-state index in [1.807, 2.05) is 36.4 Å². The van der Waals surface area contributed by atoms with Crippen LogP contribution in [-0.4, -0.2) is 16.3 Å². The second-order valence-electron chi connectivity index (χ2n) is 8.16. The molecule has 0 spiro atoms. The quantitative estimate of drug-likeness (QED) is 0.231. The lowest BCUT2D eigenvalue weighted by Crippen LogP contribution is -2.36. The van der Waals surface area contributed by atoms with Gasteiger partial charge in [-0.15, -0.1) is 0 Å². The van der Waals surface area contributed by atoms with Gasteiger partial charge in [-0.05, 0) is 47.9 Å². The van der Waals surface area contributed by atoms with Gasteiger partial charge in [0.25, 0.3) is 0 Å². The van der Waals surface area contributed by atoms with Crippen LogP contribution in [-0.2, 0) is 5.41 Å². The minimum Gasteiger partial charge on any atom is -0.508 e. The van der Waals surface area contributed by atoms with E-state index in [1.54, 1.807) is 6.07 Å². The molecular formula is C24H23N5OS. The number of nitrogens with zero attached hydrogens (tertiary/aromatic N) is 1. The number of nitrogen functional groups attached to an aromatic ring is 2. The summed E-state index contributed by atoms with van der Waals surface area (Å²) in [7, 11) is 0. The molecule has 31 heavy (non-hydrogen) atoms. The van der Waals surface area contributed by atoms with Gasteiger partial charge in [0, 0.05) is 34.1 Å². The van der Waals surface area contributed by atoms with Crippen molar-refractivity contribution in [3.8, 4) is 5.75 Å². The zero-order valence-electron chi connectivity index (χ0n) is 17.0. The first kappa shape index (κ1) is 19.4. The Morgan fingerprint density at radius 1 is 1.19 bits per heavy atom. The Balaban J connectivity index is 1.72. The molecule has 0 amide bonds. The molecule has 6 nitrogen and oxygen atoms in total. The highest BCUT2D eigenvalue weighted by molar-refractivity contribution is 7.22. The van der Waals surface area contributed by atoms with Gasteiger partial charge in [0.2, 0.25) is 0 Å². The third kappa shape index (κ3) is 3.00. The number of fused-ring (bicyclic) bond motifs is 2. The molecule has 0 saturated carbocycles. The Bertz CT molecular complexity index is 1330. The maximum Gasteiger partial charge on any atom is 0.181 e. The fraction of sp³-hybridized carbons (Fsp3) is 0.167. The van der Waals surface area contributed by atoms with E-state index in [-0.39, 0.29) is 11.8 Å². The number of phenols is 1. The Labute approximate surface area is 184 Å². The standard InChI is InChI=1S/C24H23N5OS/c1-24(15-4-2-3-5-20(15)30)11-19(13-6-8-17-21(10-13)31-23(27)29-17)28-18-9-7-16(26)14(12-25)22(18)24/h2-10,12,19,25,28,30H,11,26H2,1H3,(H2,27,29)/t19-,24?/m1/s1. The molecule has 0 bridgehead atoms. The van der Waals surface area contributed by atoms with Gasteiger partial charge in [-0.2, -0.15) is 0 Å². The van der Waals surface area contributed by atoms with Gasteiger partial charge in [-0.1, -0.05) is 42.5 Å². The van der Waals surface area contributed by atoms with Gasteiger partial charge in [0.15, 0.2) is 5.13 Å². The van der Waals surface area contributed by atoms with E-state index in [4.69, 9.17) is 16.9 Å². The minimum atomic E-state index is -0.555. The van der Waals surface area contributed by atoms with Crippen LogP contribution in [0.25, 0.3) is 10.2 Å². The molecule has 5 rings (SSSR count). The third-order valence-corrected chi connectivity index (χ3v) is 7.09. The lowest BCUT2D eigenvalue weighted by Gasteiger charge is -2.43. The number of hydrogen-bond acceptors (Lipinski definition) is 7. The van der Waals surface area contributed by atoms with E-state index >= 15 is 0 Å². The van der Waals surface area contributed by atoms with Crippen molar-refractivity contribution >= 4 is 44.3 Å². The summed E-state index contributed by atoms with van der Waals surface area (Å²) in [6.07, 6.45) is 1.99. The zero-order chi connectivity index (χ0) is 21.8. The molecule has 7 heteroatoms. The summed E-state index contributed by atoms with van der Waals surface area (Å²) in [6.45, 7) is 2.12. The summed E-state index contributed by atoms with van der Waals surface area (Å²) in [5.74, 6) is 0.237. The first-order chi connectivity index (χ1) is 14.9. The van der Waals surface area contributed by atoms with Crippen LogP contribution < -0.4 is 16.8 Å². The fourth-order valence-electron chi connectivity index (χ4n) is 4.82. The molecule has 156 valence electrons. The first-order valence-corrected chi connectivity index (χ1v) is 10.9. The summed E-state index contributed by atoms with van der Waals surface area (Å²) >= 11 is 1.48. The lowest BCUT2D eigenvalue weighted by atomic mass is 9.66. The molecule has 7 N–H and O–H groups in total. The number of hydrogen-bond donors (Lipinski definition) is 5. The van der Waals surface area contributed by atoms with Crippen molar-refractivity contribution in [3.05, 3.63) is 76.9 Å². The van der Waals surface area contributed by atoms with E-state index in [0.29, 0.717) is 22.8 Å². The van der Waals surface area contributed by atoms with Crippen LogP contribution in [0.2, 0.25) is 0 Å². The molecule has 0 fully saturated rings. The van der Waals surface area contributed by atoms with Crippen molar-refractivity contribution < 1.29 is 5.11 Å². The van der Waals surface area contributed by atoms with Crippen LogP contribution in [0, 0.1) is 5.41 Å². The Morgan fingerprint density at radius 2 is 2.00 bits per heavy atom. The molecule has 1 aliphatic heterocycles. The molecule has 1 unspecified atom stereocenters. The van der Waals surface area contributed by atoms with Crippen LogP contribution in [0.5, 0.6) is 5.75 Å². The van der Waals surface area contributed by atoms with E-state index in [9.17, 15) is 5.11 Å². The summed E-state index contributed by atoms with van der Waals surface area (Å²) in [5.41, 5.74) is 17.5. The first-order valence-electron chi connectivity index (χ1n) is 10.0. The maximum absolute atomic E-state index is 10.8. The Morgan fingerprint density at radius 3 is 2.77 bits per heavy atom. The summed E-state index contributed by atoms with van der Waals surface area (Å²) < 4.78 is 1.05. The monoisotopic (exact) mass is 429 g/mol. The van der Waals surface area contributed by atoms with Crippen LogP contribution in [0.4, 0.5) is 16.5 Å². The molecular weight excluding hydrogens is 406 g/mol. The second-order valence-corrected chi connectivity index (χ2v) is 9.23. The second kappa shape index (κ2) is 6.99. The van der Waals surface area contributed by atoms with Crippen molar-refractivity contribution in [2.24, 2.45) is 0 Å². The minimum absolute atomic E-state index is 0.00737. The molecule has 3 aromatic carbocycles. The molecule has 0 radical (unpaired) electrons. The predicted octanol–water partition coefficient (Wildman–Crippen LogP) is 5.03. The van der Waals surface area contributed by atoms with Crippen LogP contribution >= 0.6 is 11.3 Å². The average Bonchev–Trinajstić information content (AvgIpc) is 3.13. The average molecular weight is 430 g/mol. The molecule has 4 aromatic rings. The normalized spacial score (nSPS) is 20.2. The van der Waals surface area contributed by atoms with Crippen molar-refractivity contribution in [2.75, 3.05) is 16.8 Å². The number of aromatic nitrogens is 1. The van der Waals surface area contributed by atoms with E-state index < -0.39 is 5.41 Å². The number of nitrogens with one attached hydrogen (secondary N) is 2. The predicted molar refractivity (Wildman–Crippen MR) is 128 cm³/mol. The summed E-state index contributed by atoms with van der Waals surface area (Å²) in [4.78, 5) is 4.36. The lowest BCUT2D eigenvalue weighted by molar-refractivity contribution is 0.415. The van der Waals surface area contributed by atoms with E-state index in [1.165, 1.54) is 17.6 Å². The number of aromatic hydroxyl groups is 1. The SMILES string of the molecule is CC1(c2ccccc2O)C[C@H](c2ccc3nc(N)sc3c2)Nc2ccc(N)c(C=N)c21. The summed E-state index contributed by atoms with van der Waals surface area (Å²) in [6, 6.07) is 17.4. The van der Waals surface area contributed by atoms with E-state index in [2.05, 4.69) is 29.4 Å². The fourth-order valence-corrected chi connectivity index (χ4v) is 5.60. The van der Waals surface area contributed by atoms with Gasteiger partial charge < -0.3 is 27.3 Å². The number of anilines is 3. The van der Waals surface area contributed by atoms with Gasteiger partial charge in [0.1, 0.15) is 5.75 Å². The van der Waals surface area contributed by atoms with Crippen LogP contribution in [0.1, 0.15) is 41.6 Å². The van der Waals surface area contributed by atoms with Crippen LogP contribution in [0.3, 0.4) is 0 Å². The Kier molecular flexibility index (Phi) is 4.37. The van der Waals surface area contributed by atoms with Crippen molar-refractivity contribution in [1.82, 2.24) is 4.98 Å². The zero-order valence-corrected chi connectivity index (χ0v) is 17.8. The molecule has 2 heterocycles. The van der Waals surface area contributed by atoms with Gasteiger partial charge in [-0.25, -0.2) is 4.98 Å². The summed E-state index contributed by atoms with van der Waals surface area (Å²) in [5, 5.41) is 23.0. The number of rotatable bonds is 3. The molecule has 2 atom stereocenters. The highest BCUT2D eigenvalue weighted by atomic mass is 32.1. The number of para-hydroxylation sites is 1. The number of benzene rings is 3. The van der Waals surface area contributed by atoms with Gasteiger partial charge in [0.05, 0.1) is 16.3 Å². The molecule has 0 saturated heterocycles. The number of nitrogens with two attached hydrogens (primary N) is 2. The highest BCUT2D eigenvalue weighted by Gasteiger charge is 2.42. The number of thiazole rings is 1. The van der Waals surface area contributed by atoms with Crippen molar-refractivity contribution in [2.45, 2.75) is 24.8 Å². The highest BCUT2D eigenvalue weighted by Crippen LogP contribution is 2.52. The van der Waals surface area contributed by atoms with Gasteiger partial charge in [-0.3, -0.25) is 0 Å². The van der Waals surface area contributed by atoms with Crippen LogP contribution in [0.15, 0.2) is 54.6 Å².